The average molecular weight is 647 g/mol. The van der Waals surface area contributed by atoms with Crippen LogP contribution in [0.15, 0.2) is 12.7 Å². The molecule has 2 heterocycles. The quantitative estimate of drug-likeness (QED) is 0.176. The Hall–Kier alpha value is -3.64. The zero-order chi connectivity index (χ0) is 34.8. The molecule has 46 heavy (non-hydrogen) atoms. The molecule has 2 saturated heterocycles. The van der Waals surface area contributed by atoms with E-state index in [1.807, 2.05) is 48.5 Å². The van der Waals surface area contributed by atoms with Crippen molar-refractivity contribution in [3.8, 4) is 0 Å². The van der Waals surface area contributed by atoms with Crippen molar-refractivity contribution < 1.29 is 33.5 Å². The van der Waals surface area contributed by atoms with Crippen LogP contribution in [-0.2, 0) is 23.9 Å². The first-order chi connectivity index (χ1) is 21.2. The standard InChI is InChI=1S/C33H54N6O7/c1-11-13-20(24(40)27(42)34-14-12-2)35-26(41)23-22-19(33(22,9)10)17-39(23)28(43)25(32(6,7)8)37-29(44)36-21(31(3,4)5)18-38-15-16-46-30(38)45/h12,19-23,25H,2,11,13-18H2,1,3-10H3,(H,34,42)(H,35,41)(H2,36,37,44)/t19-,20?,21+,22-,23-,25+/m0/s1. The number of ketones is 1. The molecule has 1 aliphatic carbocycles. The Labute approximate surface area is 273 Å². The van der Waals surface area contributed by atoms with Crippen molar-refractivity contribution >= 4 is 35.6 Å². The van der Waals surface area contributed by atoms with E-state index in [9.17, 15) is 28.8 Å². The lowest BCUT2D eigenvalue weighted by molar-refractivity contribution is -0.145. The number of fused-ring (bicyclic) bond motifs is 1. The summed E-state index contributed by atoms with van der Waals surface area (Å²) < 4.78 is 5.05. The molecule has 4 N–H and O–H groups in total. The molecule has 258 valence electrons. The average Bonchev–Trinajstić information content (AvgIpc) is 3.29. The molecule has 0 aromatic rings. The normalized spacial score (nSPS) is 23.8. The molecule has 6 amide bonds. The maximum absolute atomic E-state index is 14.3. The van der Waals surface area contributed by atoms with Gasteiger partial charge >= 0.3 is 12.1 Å². The van der Waals surface area contributed by atoms with Gasteiger partial charge < -0.3 is 35.8 Å². The number of likely N-dealkylation sites (tertiary alicyclic amines) is 1. The van der Waals surface area contributed by atoms with Gasteiger partial charge in [-0.1, -0.05) is 74.8 Å². The van der Waals surface area contributed by atoms with Gasteiger partial charge in [-0.3, -0.25) is 19.2 Å². The molecule has 2 aliphatic heterocycles. The maximum Gasteiger partial charge on any atom is 0.410 e. The summed E-state index contributed by atoms with van der Waals surface area (Å²) in [6.07, 6.45) is 1.85. The summed E-state index contributed by atoms with van der Waals surface area (Å²) >= 11 is 0. The van der Waals surface area contributed by atoms with Crippen molar-refractivity contribution in [2.45, 2.75) is 99.3 Å². The van der Waals surface area contributed by atoms with Gasteiger partial charge in [0.25, 0.3) is 5.91 Å². The Morgan fingerprint density at radius 1 is 1.04 bits per heavy atom. The smallest absolute Gasteiger partial charge is 0.410 e. The Bertz CT molecular complexity index is 1220. The number of piperidine rings is 1. The largest absolute Gasteiger partial charge is 0.448 e. The van der Waals surface area contributed by atoms with E-state index < -0.39 is 70.6 Å². The minimum atomic E-state index is -1.04. The third kappa shape index (κ3) is 8.19. The number of ether oxygens (including phenoxy) is 1. The molecule has 6 atom stereocenters. The second-order valence-electron chi connectivity index (χ2n) is 15.5. The number of carbonyl (C=O) groups excluding carboxylic acids is 6. The molecular weight excluding hydrogens is 592 g/mol. The number of carbonyl (C=O) groups is 6. The SMILES string of the molecule is C=CCNC(=O)C(=O)C(CCC)NC(=O)[C@@H]1[C@@H]2[C@H](CN1C(=O)[C@@H](NC(=O)N[C@H](CN1CCOC1=O)C(C)(C)C)C(C)(C)C)C2(C)C. The minimum Gasteiger partial charge on any atom is -0.448 e. The molecule has 0 bridgehead atoms. The van der Waals surface area contributed by atoms with E-state index in [1.54, 1.807) is 4.90 Å². The van der Waals surface area contributed by atoms with Crippen LogP contribution in [0.5, 0.6) is 0 Å². The van der Waals surface area contributed by atoms with Crippen LogP contribution in [0, 0.1) is 28.1 Å². The van der Waals surface area contributed by atoms with Crippen molar-refractivity contribution in [3.05, 3.63) is 12.7 Å². The monoisotopic (exact) mass is 646 g/mol. The first-order valence-corrected chi connectivity index (χ1v) is 16.3. The summed E-state index contributed by atoms with van der Waals surface area (Å²) in [5, 5.41) is 11.1. The maximum atomic E-state index is 14.3. The molecule has 13 heteroatoms. The first kappa shape index (κ1) is 36.8. The lowest BCUT2D eigenvalue weighted by Crippen LogP contribution is -2.62. The third-order valence-electron chi connectivity index (χ3n) is 9.59. The van der Waals surface area contributed by atoms with Crippen LogP contribution in [0.3, 0.4) is 0 Å². The van der Waals surface area contributed by atoms with E-state index in [1.165, 1.54) is 11.0 Å². The number of Topliss-reactive ketones (excluding diaryl/α,β-unsaturated/α-hetero) is 1. The van der Waals surface area contributed by atoms with Gasteiger partial charge in [0.15, 0.2) is 0 Å². The second-order valence-corrected chi connectivity index (χ2v) is 15.5. The highest BCUT2D eigenvalue weighted by molar-refractivity contribution is 6.38. The van der Waals surface area contributed by atoms with Crippen LogP contribution in [0.4, 0.5) is 9.59 Å². The molecule has 0 radical (unpaired) electrons. The van der Waals surface area contributed by atoms with Gasteiger partial charge in [0, 0.05) is 19.6 Å². The van der Waals surface area contributed by atoms with Gasteiger partial charge in [-0.25, -0.2) is 9.59 Å². The van der Waals surface area contributed by atoms with Crippen LogP contribution in [0.25, 0.3) is 0 Å². The number of rotatable bonds is 13. The molecule has 13 nitrogen and oxygen atoms in total. The van der Waals surface area contributed by atoms with E-state index in [0.29, 0.717) is 26.1 Å². The summed E-state index contributed by atoms with van der Waals surface area (Å²) in [4.78, 5) is 82.2. The molecule has 0 aromatic carbocycles. The zero-order valence-corrected chi connectivity index (χ0v) is 29.0. The Kier molecular flexibility index (Phi) is 11.2. The second kappa shape index (κ2) is 14.0. The highest BCUT2D eigenvalue weighted by atomic mass is 16.6. The molecular formula is C33H54N6O7. The Morgan fingerprint density at radius 2 is 1.70 bits per heavy atom. The summed E-state index contributed by atoms with van der Waals surface area (Å²) in [5.74, 6) is -2.51. The van der Waals surface area contributed by atoms with Crippen LogP contribution >= 0.6 is 0 Å². The van der Waals surface area contributed by atoms with Crippen molar-refractivity contribution in [1.82, 2.24) is 31.1 Å². The highest BCUT2D eigenvalue weighted by Gasteiger charge is 2.70. The van der Waals surface area contributed by atoms with E-state index in [4.69, 9.17) is 4.74 Å². The minimum absolute atomic E-state index is 0.0725. The van der Waals surface area contributed by atoms with Gasteiger partial charge in [-0.05, 0) is 34.5 Å². The van der Waals surface area contributed by atoms with Gasteiger partial charge in [-0.2, -0.15) is 0 Å². The van der Waals surface area contributed by atoms with Crippen molar-refractivity contribution in [2.24, 2.45) is 28.1 Å². The fourth-order valence-corrected chi connectivity index (χ4v) is 6.53. The lowest BCUT2D eigenvalue weighted by Gasteiger charge is -2.39. The molecule has 0 aromatic heterocycles. The summed E-state index contributed by atoms with van der Waals surface area (Å²) in [5.41, 5.74) is -1.33. The highest BCUT2D eigenvalue weighted by Crippen LogP contribution is 2.65. The topological polar surface area (TPSA) is 166 Å². The van der Waals surface area contributed by atoms with Gasteiger partial charge in [0.1, 0.15) is 18.7 Å². The van der Waals surface area contributed by atoms with E-state index in [0.717, 1.165) is 0 Å². The fourth-order valence-electron chi connectivity index (χ4n) is 6.53. The first-order valence-electron chi connectivity index (χ1n) is 16.3. The third-order valence-corrected chi connectivity index (χ3v) is 9.59. The summed E-state index contributed by atoms with van der Waals surface area (Å²) in [7, 11) is 0. The number of nitrogens with one attached hydrogen (secondary N) is 4. The van der Waals surface area contributed by atoms with Gasteiger partial charge in [0.05, 0.1) is 18.6 Å². The molecule has 0 spiro atoms. The molecule has 3 fully saturated rings. The summed E-state index contributed by atoms with van der Waals surface area (Å²) in [6.45, 7) is 22.3. The van der Waals surface area contributed by atoms with Crippen LogP contribution in [-0.4, -0.2) is 102 Å². The Morgan fingerprint density at radius 3 is 2.22 bits per heavy atom. The van der Waals surface area contributed by atoms with E-state index in [-0.39, 0.29) is 36.8 Å². The van der Waals surface area contributed by atoms with Crippen LogP contribution in [0.2, 0.25) is 0 Å². The number of cyclic esters (lactones) is 1. The Balaban J connectivity index is 1.81. The van der Waals surface area contributed by atoms with Crippen LogP contribution < -0.4 is 21.3 Å². The van der Waals surface area contributed by atoms with Gasteiger partial charge in [-0.15, -0.1) is 6.58 Å². The number of hydrogen-bond acceptors (Lipinski definition) is 7. The van der Waals surface area contributed by atoms with E-state index in [2.05, 4.69) is 41.7 Å². The van der Waals surface area contributed by atoms with Gasteiger partial charge in [0.2, 0.25) is 17.6 Å². The number of urea groups is 1. The fraction of sp³-hybridized carbons (Fsp3) is 0.758. The van der Waals surface area contributed by atoms with Crippen LogP contribution in [0.1, 0.15) is 75.2 Å². The van der Waals surface area contributed by atoms with Crippen molar-refractivity contribution in [2.75, 3.05) is 32.8 Å². The molecule has 1 unspecified atom stereocenters. The molecule has 3 aliphatic rings. The van der Waals surface area contributed by atoms with Crippen molar-refractivity contribution in [1.29, 1.82) is 0 Å². The molecule has 3 rings (SSSR count). The lowest BCUT2D eigenvalue weighted by atomic mass is 9.85. The number of amides is 6. The predicted octanol–water partition coefficient (Wildman–Crippen LogP) is 2.21. The summed E-state index contributed by atoms with van der Waals surface area (Å²) in [6, 6.07) is -3.90. The van der Waals surface area contributed by atoms with Crippen molar-refractivity contribution in [3.63, 3.8) is 0 Å². The van der Waals surface area contributed by atoms with E-state index >= 15 is 0 Å². The molecule has 1 saturated carbocycles. The number of nitrogens with zero attached hydrogens (tertiary/aromatic N) is 2. The zero-order valence-electron chi connectivity index (χ0n) is 29.0. The predicted molar refractivity (Wildman–Crippen MR) is 172 cm³/mol. The number of hydrogen-bond donors (Lipinski definition) is 4.